The van der Waals surface area contributed by atoms with Crippen LogP contribution >= 0.6 is 0 Å². The molecule has 10 nitrogen and oxygen atoms in total. The van der Waals surface area contributed by atoms with Gasteiger partial charge in [-0.05, 0) is 51.4 Å². The molecular weight excluding hydrogens is 688 g/mol. The molecule has 6 atom stereocenters. The highest BCUT2D eigenvalue weighted by Gasteiger charge is 2.44. The third-order valence-electron chi connectivity index (χ3n) is 10.1. The average Bonchev–Trinajstić information content (AvgIpc) is 3.17. The molecule has 1 aliphatic heterocycles. The Balaban J connectivity index is 2.37. The summed E-state index contributed by atoms with van der Waals surface area (Å²) in [5.41, 5.74) is 0. The zero-order valence-electron chi connectivity index (χ0n) is 34.2. The number of hydrogen-bond donors (Lipinski definition) is 4. The monoisotopic (exact) mass is 769 g/mol. The van der Waals surface area contributed by atoms with Crippen molar-refractivity contribution in [3.8, 4) is 0 Å². The maximum atomic E-state index is 12.7. The van der Waals surface area contributed by atoms with Gasteiger partial charge in [0.25, 0.3) is 0 Å². The summed E-state index contributed by atoms with van der Waals surface area (Å²) in [6, 6.07) is 0. The summed E-state index contributed by atoms with van der Waals surface area (Å²) in [6.45, 7) is 3.37. The SMILES string of the molecule is CCCCCCC/C=C/CCCCCCCC(=O)OC[C@H](CO[C@@H]1O[C@H](CO)[C@H](O)C(O)C1O)OC(=O)CC/C=C/CCCCCCCCCCCCC. The Morgan fingerprint density at radius 1 is 0.556 bits per heavy atom. The lowest BCUT2D eigenvalue weighted by Gasteiger charge is -2.39. The van der Waals surface area contributed by atoms with E-state index in [1.165, 1.54) is 103 Å². The minimum atomic E-state index is -1.60. The van der Waals surface area contributed by atoms with E-state index in [2.05, 4.69) is 32.1 Å². The maximum Gasteiger partial charge on any atom is 0.306 e. The van der Waals surface area contributed by atoms with Crippen molar-refractivity contribution in [3.05, 3.63) is 24.3 Å². The molecule has 0 saturated carbocycles. The number of esters is 2. The van der Waals surface area contributed by atoms with Crippen LogP contribution in [-0.2, 0) is 28.5 Å². The summed E-state index contributed by atoms with van der Waals surface area (Å²) in [5, 5.41) is 40.0. The third kappa shape index (κ3) is 26.9. The van der Waals surface area contributed by atoms with Crippen molar-refractivity contribution in [2.45, 2.75) is 224 Å². The Hall–Kier alpha value is -1.82. The van der Waals surface area contributed by atoms with Gasteiger partial charge < -0.3 is 39.4 Å². The Bertz CT molecular complexity index is 938. The molecule has 54 heavy (non-hydrogen) atoms. The summed E-state index contributed by atoms with van der Waals surface area (Å²) in [6.07, 6.45) is 30.5. The number of carbonyl (C=O) groups is 2. The van der Waals surface area contributed by atoms with Crippen molar-refractivity contribution in [3.63, 3.8) is 0 Å². The summed E-state index contributed by atoms with van der Waals surface area (Å²) in [5.74, 6) is -0.870. The van der Waals surface area contributed by atoms with Crippen LogP contribution in [0.25, 0.3) is 0 Å². The molecule has 1 rings (SSSR count). The first-order valence-electron chi connectivity index (χ1n) is 21.9. The van der Waals surface area contributed by atoms with E-state index in [9.17, 15) is 30.0 Å². The first-order chi connectivity index (χ1) is 26.3. The highest BCUT2D eigenvalue weighted by Crippen LogP contribution is 2.22. The Kier molecular flexibility index (Phi) is 33.1. The fourth-order valence-corrected chi connectivity index (χ4v) is 6.55. The number of rotatable bonds is 36. The van der Waals surface area contributed by atoms with Crippen molar-refractivity contribution >= 4 is 11.9 Å². The second-order valence-electron chi connectivity index (χ2n) is 15.1. The number of ether oxygens (including phenoxy) is 4. The normalized spacial score (nSPS) is 20.9. The van der Waals surface area contributed by atoms with E-state index >= 15 is 0 Å². The molecule has 0 aliphatic carbocycles. The molecule has 316 valence electrons. The predicted octanol–water partition coefficient (Wildman–Crippen LogP) is 8.94. The van der Waals surface area contributed by atoms with Crippen LogP contribution in [0.4, 0.5) is 0 Å². The van der Waals surface area contributed by atoms with E-state index in [1.54, 1.807) is 0 Å². The zero-order chi connectivity index (χ0) is 39.5. The number of aliphatic hydroxyl groups is 4. The van der Waals surface area contributed by atoms with Gasteiger partial charge in [-0.15, -0.1) is 0 Å². The highest BCUT2D eigenvalue weighted by atomic mass is 16.7. The number of carbonyl (C=O) groups excluding carboxylic acids is 2. The number of aliphatic hydroxyl groups excluding tert-OH is 4. The van der Waals surface area contributed by atoms with Gasteiger partial charge in [-0.1, -0.05) is 147 Å². The van der Waals surface area contributed by atoms with Crippen LogP contribution in [0.5, 0.6) is 0 Å². The Labute approximate surface area is 328 Å². The summed E-state index contributed by atoms with van der Waals surface area (Å²) in [4.78, 5) is 25.2. The lowest BCUT2D eigenvalue weighted by atomic mass is 9.99. The van der Waals surface area contributed by atoms with Gasteiger partial charge in [0.15, 0.2) is 12.4 Å². The van der Waals surface area contributed by atoms with Gasteiger partial charge in [0, 0.05) is 12.8 Å². The van der Waals surface area contributed by atoms with Crippen LogP contribution in [0.2, 0.25) is 0 Å². The lowest BCUT2D eigenvalue weighted by Crippen LogP contribution is -2.59. The number of allylic oxidation sites excluding steroid dienone is 4. The fraction of sp³-hybridized carbons (Fsp3) is 0.864. The molecule has 4 N–H and O–H groups in total. The minimum Gasteiger partial charge on any atom is -0.462 e. The molecule has 10 heteroatoms. The largest absolute Gasteiger partial charge is 0.462 e. The van der Waals surface area contributed by atoms with Gasteiger partial charge in [0.05, 0.1) is 13.2 Å². The standard InChI is InChI=1S/C44H80O10/c1-3-5-7-9-11-13-15-17-19-21-23-25-27-29-31-33-40(47)53-37(36-52-44-43(50)42(49)41(48)38(34-45)54-44)35-51-39(46)32-30-28-26-24-22-20-18-16-14-12-10-8-6-4-2/h16,18,27,29,37-38,41-45,48-50H,3-15,17,19-26,28,30-36H2,1-2H3/b18-16+,29-27+/t37-,38-,41+,42?,43?,44-/m1/s1. The molecule has 0 aromatic heterocycles. The molecule has 1 saturated heterocycles. The van der Waals surface area contributed by atoms with Crippen molar-refractivity contribution in [2.75, 3.05) is 19.8 Å². The molecule has 2 unspecified atom stereocenters. The van der Waals surface area contributed by atoms with E-state index in [0.717, 1.165) is 44.9 Å². The van der Waals surface area contributed by atoms with Crippen molar-refractivity contribution in [2.24, 2.45) is 0 Å². The van der Waals surface area contributed by atoms with Crippen LogP contribution in [0.15, 0.2) is 24.3 Å². The van der Waals surface area contributed by atoms with Gasteiger partial charge in [0.2, 0.25) is 0 Å². The first-order valence-corrected chi connectivity index (χ1v) is 21.9. The average molecular weight is 769 g/mol. The molecule has 1 fully saturated rings. The van der Waals surface area contributed by atoms with Crippen molar-refractivity contribution in [1.82, 2.24) is 0 Å². The van der Waals surface area contributed by atoms with Gasteiger partial charge in [0.1, 0.15) is 31.0 Å². The molecule has 0 amide bonds. The highest BCUT2D eigenvalue weighted by molar-refractivity contribution is 5.70. The Morgan fingerprint density at radius 2 is 1.02 bits per heavy atom. The Morgan fingerprint density at radius 3 is 1.52 bits per heavy atom. The van der Waals surface area contributed by atoms with Crippen LogP contribution in [0.3, 0.4) is 0 Å². The predicted molar refractivity (Wildman–Crippen MR) is 215 cm³/mol. The second kappa shape index (κ2) is 35.6. The van der Waals surface area contributed by atoms with Crippen molar-refractivity contribution < 1.29 is 49.0 Å². The summed E-state index contributed by atoms with van der Waals surface area (Å²) < 4.78 is 22.1. The smallest absolute Gasteiger partial charge is 0.306 e. The third-order valence-corrected chi connectivity index (χ3v) is 10.1. The number of unbranched alkanes of at least 4 members (excludes halogenated alkanes) is 21. The van der Waals surface area contributed by atoms with Crippen LogP contribution in [0.1, 0.15) is 187 Å². The number of hydrogen-bond acceptors (Lipinski definition) is 10. The summed E-state index contributed by atoms with van der Waals surface area (Å²) >= 11 is 0. The molecule has 1 heterocycles. The van der Waals surface area contributed by atoms with E-state index in [0.29, 0.717) is 12.8 Å². The molecule has 0 radical (unpaired) electrons. The fourth-order valence-electron chi connectivity index (χ4n) is 6.55. The van der Waals surface area contributed by atoms with Crippen LogP contribution < -0.4 is 0 Å². The molecule has 0 aromatic carbocycles. The van der Waals surface area contributed by atoms with Gasteiger partial charge in [-0.2, -0.15) is 0 Å². The van der Waals surface area contributed by atoms with E-state index in [4.69, 9.17) is 18.9 Å². The van der Waals surface area contributed by atoms with Gasteiger partial charge in [-0.3, -0.25) is 9.59 Å². The maximum absolute atomic E-state index is 12.7. The molecule has 1 aliphatic rings. The summed E-state index contributed by atoms with van der Waals surface area (Å²) in [7, 11) is 0. The zero-order valence-corrected chi connectivity index (χ0v) is 34.2. The molecule has 0 aromatic rings. The second-order valence-corrected chi connectivity index (χ2v) is 15.1. The van der Waals surface area contributed by atoms with E-state index in [1.807, 2.05) is 6.08 Å². The van der Waals surface area contributed by atoms with E-state index < -0.39 is 55.4 Å². The molecular formula is C44H80O10. The van der Waals surface area contributed by atoms with Gasteiger partial charge >= 0.3 is 11.9 Å². The topological polar surface area (TPSA) is 152 Å². The van der Waals surface area contributed by atoms with E-state index in [-0.39, 0.29) is 26.1 Å². The molecule has 0 spiro atoms. The van der Waals surface area contributed by atoms with Gasteiger partial charge in [-0.25, -0.2) is 0 Å². The van der Waals surface area contributed by atoms with Crippen LogP contribution in [0, 0.1) is 0 Å². The lowest BCUT2D eigenvalue weighted by molar-refractivity contribution is -0.305. The quantitative estimate of drug-likeness (QED) is 0.0276. The van der Waals surface area contributed by atoms with Crippen LogP contribution in [-0.4, -0.2) is 89.0 Å². The minimum absolute atomic E-state index is 0.147. The molecule has 0 bridgehead atoms. The first kappa shape index (κ1) is 50.2. The van der Waals surface area contributed by atoms with Crippen molar-refractivity contribution in [1.29, 1.82) is 0 Å².